The van der Waals surface area contributed by atoms with Crippen LogP contribution in [0, 0.1) is 0 Å². The van der Waals surface area contributed by atoms with E-state index in [-0.39, 0.29) is 37.7 Å². The number of rotatable bonds is 15. The van der Waals surface area contributed by atoms with E-state index in [1.54, 1.807) is 55.4 Å². The molecule has 4 amide bonds. The zero-order chi connectivity index (χ0) is 34.5. The number of carbonyl (C=O) groups is 5. The van der Waals surface area contributed by atoms with Crippen molar-refractivity contribution in [2.45, 2.75) is 110 Å². The molecule has 0 fully saturated rings. The normalized spacial score (nSPS) is 13.0. The van der Waals surface area contributed by atoms with E-state index in [1.807, 2.05) is 60.7 Å². The highest BCUT2D eigenvalue weighted by Crippen LogP contribution is 2.22. The molecule has 252 valence electrons. The fraction of sp³-hybridized carbons (Fsp3) is 0.514. The number of benzene rings is 2. The van der Waals surface area contributed by atoms with Crippen molar-refractivity contribution in [1.29, 1.82) is 0 Å². The Morgan fingerprint density at radius 2 is 1.09 bits per heavy atom. The summed E-state index contributed by atoms with van der Waals surface area (Å²) in [5.41, 5.74) is -1.71. The van der Waals surface area contributed by atoms with Crippen LogP contribution in [0.5, 0.6) is 0 Å². The van der Waals surface area contributed by atoms with E-state index in [0.717, 1.165) is 11.1 Å². The third-order valence-electron chi connectivity index (χ3n) is 7.02. The molecule has 0 saturated heterocycles. The fourth-order valence-electron chi connectivity index (χ4n) is 4.55. The van der Waals surface area contributed by atoms with E-state index < -0.39 is 46.7 Å². The summed E-state index contributed by atoms with van der Waals surface area (Å²) < 4.78 is 10.4. The molecular weight excluding hydrogens is 588 g/mol. The molecule has 2 rings (SSSR count). The largest absolute Gasteiger partial charge is 0.466 e. The predicted octanol–water partition coefficient (Wildman–Crippen LogP) is 5.02. The molecule has 11 nitrogen and oxygen atoms in total. The maximum atomic E-state index is 13.4. The minimum absolute atomic E-state index is 0.00143. The third-order valence-corrected chi connectivity index (χ3v) is 7.02. The Morgan fingerprint density at radius 1 is 0.652 bits per heavy atom. The van der Waals surface area contributed by atoms with Crippen LogP contribution < -0.4 is 21.3 Å². The average molecular weight is 639 g/mol. The second kappa shape index (κ2) is 16.8. The highest BCUT2D eigenvalue weighted by Gasteiger charge is 2.34. The number of alkyl carbamates (subject to hydrolysis) is 1. The molecule has 0 saturated carbocycles. The molecule has 0 radical (unpaired) electrons. The first-order valence-corrected chi connectivity index (χ1v) is 15.6. The van der Waals surface area contributed by atoms with Crippen molar-refractivity contribution in [2.75, 3.05) is 6.61 Å². The Hall–Kier alpha value is -4.41. The molecule has 0 bridgehead atoms. The molecule has 0 aliphatic heterocycles. The molecule has 46 heavy (non-hydrogen) atoms. The highest BCUT2D eigenvalue weighted by atomic mass is 16.6. The van der Waals surface area contributed by atoms with Crippen molar-refractivity contribution in [3.8, 4) is 0 Å². The van der Waals surface area contributed by atoms with Gasteiger partial charge in [0.2, 0.25) is 17.7 Å². The lowest BCUT2D eigenvalue weighted by molar-refractivity contribution is -0.143. The molecule has 2 aromatic carbocycles. The quantitative estimate of drug-likeness (QED) is 0.200. The Morgan fingerprint density at radius 3 is 1.52 bits per heavy atom. The monoisotopic (exact) mass is 638 g/mol. The van der Waals surface area contributed by atoms with Gasteiger partial charge in [0.05, 0.1) is 18.7 Å². The minimum Gasteiger partial charge on any atom is -0.466 e. The van der Waals surface area contributed by atoms with E-state index in [2.05, 4.69) is 21.3 Å². The zero-order valence-corrected chi connectivity index (χ0v) is 28.3. The summed E-state index contributed by atoms with van der Waals surface area (Å²) in [6.45, 7) is 13.5. The number of hydrogen-bond donors (Lipinski definition) is 4. The first kappa shape index (κ1) is 37.8. The van der Waals surface area contributed by atoms with Gasteiger partial charge < -0.3 is 30.7 Å². The Bertz CT molecular complexity index is 1320. The summed E-state index contributed by atoms with van der Waals surface area (Å²) >= 11 is 0. The summed E-state index contributed by atoms with van der Waals surface area (Å²) in [4.78, 5) is 64.2. The van der Waals surface area contributed by atoms with Gasteiger partial charge in [-0.1, -0.05) is 60.7 Å². The van der Waals surface area contributed by atoms with Crippen LogP contribution in [0.25, 0.3) is 0 Å². The molecule has 0 aliphatic rings. The van der Waals surface area contributed by atoms with Crippen molar-refractivity contribution in [2.24, 2.45) is 0 Å². The minimum atomic E-state index is -1.31. The summed E-state index contributed by atoms with van der Waals surface area (Å²) in [6.07, 6.45) is -0.0396. The zero-order valence-electron chi connectivity index (χ0n) is 28.3. The number of ether oxygens (including phenoxy) is 2. The van der Waals surface area contributed by atoms with E-state index in [1.165, 1.54) is 0 Å². The van der Waals surface area contributed by atoms with Crippen LogP contribution >= 0.6 is 0 Å². The second-order valence-corrected chi connectivity index (χ2v) is 13.2. The highest BCUT2D eigenvalue weighted by molar-refractivity contribution is 5.91. The van der Waals surface area contributed by atoms with Crippen LogP contribution in [0.3, 0.4) is 0 Å². The van der Waals surface area contributed by atoms with Gasteiger partial charge in [-0.3, -0.25) is 19.2 Å². The Kier molecular flexibility index (Phi) is 13.8. The summed E-state index contributed by atoms with van der Waals surface area (Å²) in [6, 6.07) is 17.5. The van der Waals surface area contributed by atoms with Crippen molar-refractivity contribution in [3.63, 3.8) is 0 Å². The molecule has 0 aliphatic carbocycles. The van der Waals surface area contributed by atoms with Gasteiger partial charge in [0.15, 0.2) is 0 Å². The molecule has 4 N–H and O–H groups in total. The average Bonchev–Trinajstić information content (AvgIpc) is 2.96. The topological polar surface area (TPSA) is 152 Å². The molecule has 2 atom stereocenters. The number of amides is 4. The maximum absolute atomic E-state index is 13.4. The molecular formula is C35H50N4O7. The van der Waals surface area contributed by atoms with Crippen molar-refractivity contribution in [3.05, 3.63) is 71.8 Å². The van der Waals surface area contributed by atoms with E-state index in [0.29, 0.717) is 6.42 Å². The molecule has 0 aromatic heterocycles. The number of nitrogens with one attached hydrogen (secondary N) is 4. The molecule has 2 aromatic rings. The van der Waals surface area contributed by atoms with Crippen LogP contribution in [0.1, 0.15) is 104 Å². The van der Waals surface area contributed by atoms with Crippen molar-refractivity contribution in [1.82, 2.24) is 21.3 Å². The van der Waals surface area contributed by atoms with Crippen LogP contribution in [0.2, 0.25) is 0 Å². The van der Waals surface area contributed by atoms with Gasteiger partial charge >= 0.3 is 12.1 Å². The van der Waals surface area contributed by atoms with Crippen LogP contribution in [-0.4, -0.2) is 53.1 Å². The Balaban J connectivity index is 2.08. The second-order valence-electron chi connectivity index (χ2n) is 13.2. The predicted molar refractivity (Wildman–Crippen MR) is 175 cm³/mol. The van der Waals surface area contributed by atoms with E-state index >= 15 is 0 Å². The summed E-state index contributed by atoms with van der Waals surface area (Å²) in [7, 11) is 0. The number of carbonyl (C=O) groups excluding carboxylic acids is 5. The van der Waals surface area contributed by atoms with E-state index in [4.69, 9.17) is 9.47 Å². The van der Waals surface area contributed by atoms with Crippen LogP contribution in [-0.2, 0) is 28.7 Å². The van der Waals surface area contributed by atoms with Crippen molar-refractivity contribution < 1.29 is 33.4 Å². The molecule has 0 heterocycles. The van der Waals surface area contributed by atoms with E-state index in [9.17, 15) is 24.0 Å². The third kappa shape index (κ3) is 12.9. The summed E-state index contributed by atoms with van der Waals surface area (Å²) in [5, 5.41) is 11.3. The lowest BCUT2D eigenvalue weighted by atomic mass is 9.97. The van der Waals surface area contributed by atoms with Gasteiger partial charge in [-0.2, -0.15) is 0 Å². The first-order chi connectivity index (χ1) is 21.4. The lowest BCUT2D eigenvalue weighted by Gasteiger charge is -2.30. The van der Waals surface area contributed by atoms with Gasteiger partial charge in [0.1, 0.15) is 16.7 Å². The smallest absolute Gasteiger partial charge is 0.408 e. The Labute approximate surface area is 272 Å². The van der Waals surface area contributed by atoms with Gasteiger partial charge in [-0.15, -0.1) is 0 Å². The van der Waals surface area contributed by atoms with Gasteiger partial charge in [0.25, 0.3) is 0 Å². The molecule has 0 unspecified atom stereocenters. The SMILES string of the molecule is CCOC(=O)CC[C@@H](NC(=O)C(C)(C)NC(=O)CC[C@@H](NC(=O)C(C)(C)NC(=O)OC(C)(C)C)c1ccccc1)c1ccccc1. The van der Waals surface area contributed by atoms with Crippen LogP contribution in [0.15, 0.2) is 60.7 Å². The molecule has 0 spiro atoms. The fourth-order valence-corrected chi connectivity index (χ4v) is 4.55. The van der Waals surface area contributed by atoms with Crippen molar-refractivity contribution >= 4 is 29.8 Å². The molecule has 11 heteroatoms. The van der Waals surface area contributed by atoms with Gasteiger partial charge in [-0.05, 0) is 79.4 Å². The number of esters is 1. The van der Waals surface area contributed by atoms with Crippen LogP contribution in [0.4, 0.5) is 4.79 Å². The summed E-state index contributed by atoms with van der Waals surface area (Å²) in [5.74, 6) is -1.61. The lowest BCUT2D eigenvalue weighted by Crippen LogP contribution is -2.56. The van der Waals surface area contributed by atoms with Gasteiger partial charge in [-0.25, -0.2) is 4.79 Å². The first-order valence-electron chi connectivity index (χ1n) is 15.6. The maximum Gasteiger partial charge on any atom is 0.408 e. The standard InChI is InChI=1S/C35H50N4O7/c1-9-45-29(41)23-21-27(25-18-14-11-15-19-25)37-30(42)34(5,6)38-28(40)22-20-26(24-16-12-10-13-17-24)36-31(43)35(7,8)39-32(44)46-33(2,3)4/h10-19,26-27H,9,20-23H2,1-8H3,(H,36,43)(H,37,42)(H,38,40)(H,39,44)/t26-,27-/m1/s1. The van der Waals surface area contributed by atoms with Gasteiger partial charge in [0, 0.05) is 12.8 Å². The number of hydrogen-bond acceptors (Lipinski definition) is 7.